The maximum absolute atomic E-state index is 12.3. The molecule has 0 bridgehead atoms. The molecule has 0 aromatic carbocycles. The van der Waals surface area contributed by atoms with Crippen molar-refractivity contribution in [1.29, 1.82) is 0 Å². The fraction of sp³-hybridized carbons (Fsp3) is 0.833. The molecule has 0 aromatic rings. The van der Waals surface area contributed by atoms with E-state index in [0.29, 0.717) is 5.92 Å². The van der Waals surface area contributed by atoms with Crippen LogP contribution in [0.4, 0.5) is 0 Å². The van der Waals surface area contributed by atoms with Gasteiger partial charge in [0.25, 0.3) is 0 Å². The second-order valence-corrected chi connectivity index (χ2v) is 4.84. The van der Waals surface area contributed by atoms with E-state index in [1.165, 1.54) is 7.11 Å². The number of amides is 1. The Labute approximate surface area is 102 Å². The molecule has 0 aromatic heterocycles. The molecule has 1 saturated heterocycles. The molecule has 0 aliphatic carbocycles. The average molecular weight is 242 g/mol. The smallest absolute Gasteiger partial charge is 0.325 e. The van der Waals surface area contributed by atoms with Gasteiger partial charge in [-0.3, -0.25) is 9.59 Å². The number of hydrogen-bond acceptors (Lipinski definition) is 4. The SMILES string of the molecule is COC(=O)CN(C(=O)C(C)C1CNC1)C(C)C. The van der Waals surface area contributed by atoms with E-state index in [9.17, 15) is 9.59 Å². The minimum Gasteiger partial charge on any atom is -0.468 e. The first-order valence-electron chi connectivity index (χ1n) is 6.05. The van der Waals surface area contributed by atoms with Crippen molar-refractivity contribution in [3.8, 4) is 0 Å². The quantitative estimate of drug-likeness (QED) is 0.702. The lowest BCUT2D eigenvalue weighted by Gasteiger charge is -2.36. The first-order chi connectivity index (χ1) is 7.97. The van der Waals surface area contributed by atoms with Crippen molar-refractivity contribution in [2.75, 3.05) is 26.7 Å². The van der Waals surface area contributed by atoms with E-state index in [-0.39, 0.29) is 30.4 Å². The third-order valence-electron chi connectivity index (χ3n) is 3.34. The molecule has 1 aliphatic rings. The number of methoxy groups -OCH3 is 1. The summed E-state index contributed by atoms with van der Waals surface area (Å²) in [7, 11) is 1.34. The Morgan fingerprint density at radius 3 is 2.29 bits per heavy atom. The van der Waals surface area contributed by atoms with E-state index in [0.717, 1.165) is 13.1 Å². The Morgan fingerprint density at radius 2 is 1.94 bits per heavy atom. The van der Waals surface area contributed by atoms with Gasteiger partial charge < -0.3 is 15.0 Å². The molecule has 1 atom stereocenters. The van der Waals surface area contributed by atoms with Crippen molar-refractivity contribution in [3.63, 3.8) is 0 Å². The predicted molar refractivity (Wildman–Crippen MR) is 64.4 cm³/mol. The summed E-state index contributed by atoms with van der Waals surface area (Å²) in [6.45, 7) is 7.56. The van der Waals surface area contributed by atoms with Gasteiger partial charge in [-0.25, -0.2) is 0 Å². The van der Waals surface area contributed by atoms with Gasteiger partial charge in [-0.15, -0.1) is 0 Å². The topological polar surface area (TPSA) is 58.6 Å². The molecule has 0 spiro atoms. The van der Waals surface area contributed by atoms with Crippen LogP contribution in [0.3, 0.4) is 0 Å². The van der Waals surface area contributed by atoms with Gasteiger partial charge in [0.2, 0.25) is 5.91 Å². The molecular formula is C12H22N2O3. The van der Waals surface area contributed by atoms with Crippen molar-refractivity contribution in [2.24, 2.45) is 11.8 Å². The summed E-state index contributed by atoms with van der Waals surface area (Å²) >= 11 is 0. The Kier molecular flexibility index (Phi) is 4.93. The largest absolute Gasteiger partial charge is 0.468 e. The van der Waals surface area contributed by atoms with Crippen LogP contribution in [0.1, 0.15) is 20.8 Å². The Hall–Kier alpha value is -1.10. The minimum atomic E-state index is -0.369. The Bertz CT molecular complexity index is 287. The monoisotopic (exact) mass is 242 g/mol. The molecule has 1 fully saturated rings. The van der Waals surface area contributed by atoms with Crippen LogP contribution in [0.15, 0.2) is 0 Å². The number of esters is 1. The summed E-state index contributed by atoms with van der Waals surface area (Å²) in [5.41, 5.74) is 0. The van der Waals surface area contributed by atoms with Gasteiger partial charge in [-0.05, 0) is 32.9 Å². The van der Waals surface area contributed by atoms with Crippen LogP contribution < -0.4 is 5.32 Å². The number of ether oxygens (including phenoxy) is 1. The molecule has 0 radical (unpaired) electrons. The molecule has 5 nitrogen and oxygen atoms in total. The molecule has 98 valence electrons. The van der Waals surface area contributed by atoms with Crippen LogP contribution in [0.5, 0.6) is 0 Å². The van der Waals surface area contributed by atoms with Crippen LogP contribution in [0.25, 0.3) is 0 Å². The highest BCUT2D eigenvalue weighted by molar-refractivity contribution is 5.84. The van der Waals surface area contributed by atoms with Crippen molar-refractivity contribution in [3.05, 3.63) is 0 Å². The predicted octanol–water partition coefficient (Wildman–Crippen LogP) is 0.252. The highest BCUT2D eigenvalue weighted by Gasteiger charge is 2.33. The van der Waals surface area contributed by atoms with E-state index in [4.69, 9.17) is 0 Å². The van der Waals surface area contributed by atoms with Crippen molar-refractivity contribution in [2.45, 2.75) is 26.8 Å². The Morgan fingerprint density at radius 1 is 1.35 bits per heavy atom. The molecule has 1 heterocycles. The normalized spacial score (nSPS) is 17.5. The van der Waals surface area contributed by atoms with Gasteiger partial charge in [0.15, 0.2) is 0 Å². The van der Waals surface area contributed by atoms with Crippen molar-refractivity contribution in [1.82, 2.24) is 10.2 Å². The van der Waals surface area contributed by atoms with Gasteiger partial charge in [-0.1, -0.05) is 6.92 Å². The molecule has 17 heavy (non-hydrogen) atoms. The van der Waals surface area contributed by atoms with Gasteiger partial charge in [0.05, 0.1) is 7.11 Å². The van der Waals surface area contributed by atoms with Crippen LogP contribution >= 0.6 is 0 Å². The van der Waals surface area contributed by atoms with Crippen LogP contribution in [0, 0.1) is 11.8 Å². The summed E-state index contributed by atoms with van der Waals surface area (Å²) < 4.78 is 4.62. The molecule has 1 rings (SSSR count). The molecular weight excluding hydrogens is 220 g/mol. The standard InChI is InChI=1S/C12H22N2O3/c1-8(2)14(7-11(15)17-4)12(16)9(3)10-5-13-6-10/h8-10,13H,5-7H2,1-4H3. The molecule has 1 unspecified atom stereocenters. The maximum atomic E-state index is 12.3. The molecule has 5 heteroatoms. The number of rotatable bonds is 5. The fourth-order valence-corrected chi connectivity index (χ4v) is 1.85. The maximum Gasteiger partial charge on any atom is 0.325 e. The van der Waals surface area contributed by atoms with Crippen LogP contribution in [-0.2, 0) is 14.3 Å². The zero-order chi connectivity index (χ0) is 13.0. The fourth-order valence-electron chi connectivity index (χ4n) is 1.85. The highest BCUT2D eigenvalue weighted by atomic mass is 16.5. The lowest BCUT2D eigenvalue weighted by Crippen LogP contribution is -2.52. The zero-order valence-corrected chi connectivity index (χ0v) is 11.0. The van der Waals surface area contributed by atoms with Gasteiger partial charge in [0, 0.05) is 12.0 Å². The van der Waals surface area contributed by atoms with Crippen molar-refractivity contribution >= 4 is 11.9 Å². The van der Waals surface area contributed by atoms with E-state index >= 15 is 0 Å². The third kappa shape index (κ3) is 3.43. The highest BCUT2D eigenvalue weighted by Crippen LogP contribution is 2.19. The summed E-state index contributed by atoms with van der Waals surface area (Å²) in [6, 6.07) is 0.0112. The van der Waals surface area contributed by atoms with E-state index < -0.39 is 0 Å². The average Bonchev–Trinajstić information content (AvgIpc) is 2.21. The van der Waals surface area contributed by atoms with Gasteiger partial charge in [-0.2, -0.15) is 0 Å². The van der Waals surface area contributed by atoms with Crippen LogP contribution in [-0.4, -0.2) is 49.6 Å². The number of nitrogens with one attached hydrogen (secondary N) is 1. The van der Waals surface area contributed by atoms with E-state index in [1.54, 1.807) is 4.90 Å². The molecule has 1 N–H and O–H groups in total. The van der Waals surface area contributed by atoms with E-state index in [2.05, 4.69) is 10.1 Å². The second-order valence-electron chi connectivity index (χ2n) is 4.84. The number of hydrogen-bond donors (Lipinski definition) is 1. The number of carbonyl (C=O) groups excluding carboxylic acids is 2. The lowest BCUT2D eigenvalue weighted by atomic mass is 9.87. The second kappa shape index (κ2) is 6.00. The van der Waals surface area contributed by atoms with Crippen LogP contribution in [0.2, 0.25) is 0 Å². The summed E-state index contributed by atoms with van der Waals surface area (Å²) in [5, 5.41) is 3.15. The summed E-state index contributed by atoms with van der Waals surface area (Å²) in [5.74, 6) is 0.0209. The van der Waals surface area contributed by atoms with Gasteiger partial charge >= 0.3 is 5.97 Å². The summed E-state index contributed by atoms with van der Waals surface area (Å²) in [4.78, 5) is 25.1. The van der Waals surface area contributed by atoms with E-state index in [1.807, 2.05) is 20.8 Å². The minimum absolute atomic E-state index is 0.0112. The van der Waals surface area contributed by atoms with Gasteiger partial charge in [0.1, 0.15) is 6.54 Å². The lowest BCUT2D eigenvalue weighted by molar-refractivity contribution is -0.150. The zero-order valence-electron chi connectivity index (χ0n) is 11.0. The summed E-state index contributed by atoms with van der Waals surface area (Å²) in [6.07, 6.45) is 0. The molecule has 0 saturated carbocycles. The third-order valence-corrected chi connectivity index (χ3v) is 3.34. The number of carbonyl (C=O) groups is 2. The first kappa shape index (κ1) is 14.0. The first-order valence-corrected chi connectivity index (χ1v) is 6.05. The Balaban J connectivity index is 2.62. The molecule has 1 aliphatic heterocycles. The number of nitrogens with zero attached hydrogens (tertiary/aromatic N) is 1. The molecule has 1 amide bonds. The van der Waals surface area contributed by atoms with Crippen molar-refractivity contribution < 1.29 is 14.3 Å².